The van der Waals surface area contributed by atoms with Crippen LogP contribution in [0.5, 0.6) is 0 Å². The molecule has 1 aromatic rings. The van der Waals surface area contributed by atoms with Crippen molar-refractivity contribution >= 4 is 29.7 Å². The van der Waals surface area contributed by atoms with Gasteiger partial charge in [0, 0.05) is 23.2 Å². The van der Waals surface area contributed by atoms with Gasteiger partial charge in [-0.2, -0.15) is 0 Å². The minimum absolute atomic E-state index is 0. The SMILES string of the molecule is CC(C)C[C@@H](N)c1cc([N+](=O)[O-])ccc1Cl.Cl. The number of hydrogen-bond acceptors (Lipinski definition) is 3. The first-order valence-electron chi connectivity index (χ1n) is 5.11. The number of benzene rings is 1. The summed E-state index contributed by atoms with van der Waals surface area (Å²) in [6.45, 7) is 4.09. The van der Waals surface area contributed by atoms with Crippen molar-refractivity contribution < 1.29 is 4.92 Å². The molecule has 17 heavy (non-hydrogen) atoms. The summed E-state index contributed by atoms with van der Waals surface area (Å²) in [6, 6.07) is 4.10. The van der Waals surface area contributed by atoms with E-state index in [1.165, 1.54) is 18.2 Å². The van der Waals surface area contributed by atoms with Crippen molar-refractivity contribution in [3.63, 3.8) is 0 Å². The number of halogens is 2. The van der Waals surface area contributed by atoms with E-state index in [-0.39, 0.29) is 24.1 Å². The second-order valence-corrected chi connectivity index (χ2v) is 4.61. The third kappa shape index (κ3) is 4.50. The highest BCUT2D eigenvalue weighted by Crippen LogP contribution is 2.29. The Labute approximate surface area is 112 Å². The van der Waals surface area contributed by atoms with E-state index in [9.17, 15) is 10.1 Å². The molecule has 96 valence electrons. The molecule has 0 heterocycles. The van der Waals surface area contributed by atoms with E-state index in [2.05, 4.69) is 0 Å². The van der Waals surface area contributed by atoms with Crippen LogP contribution in [0.15, 0.2) is 18.2 Å². The van der Waals surface area contributed by atoms with Gasteiger partial charge in [-0.3, -0.25) is 10.1 Å². The fraction of sp³-hybridized carbons (Fsp3) is 0.455. The maximum absolute atomic E-state index is 10.6. The van der Waals surface area contributed by atoms with Crippen LogP contribution in [0.2, 0.25) is 5.02 Å². The molecule has 1 aromatic carbocycles. The molecule has 0 bridgehead atoms. The van der Waals surface area contributed by atoms with Gasteiger partial charge >= 0.3 is 0 Å². The Hall–Kier alpha value is -0.840. The average molecular weight is 279 g/mol. The first-order chi connectivity index (χ1) is 7.41. The third-order valence-electron chi connectivity index (χ3n) is 2.32. The lowest BCUT2D eigenvalue weighted by atomic mass is 9.97. The molecule has 1 rings (SSSR count). The number of nitrogens with two attached hydrogens (primary N) is 1. The van der Waals surface area contributed by atoms with Crippen LogP contribution in [0.3, 0.4) is 0 Å². The molecule has 0 spiro atoms. The maximum Gasteiger partial charge on any atom is 0.269 e. The third-order valence-corrected chi connectivity index (χ3v) is 2.66. The van der Waals surface area contributed by atoms with Crippen LogP contribution in [-0.4, -0.2) is 4.92 Å². The smallest absolute Gasteiger partial charge is 0.269 e. The fourth-order valence-electron chi connectivity index (χ4n) is 1.56. The summed E-state index contributed by atoms with van der Waals surface area (Å²) < 4.78 is 0. The van der Waals surface area contributed by atoms with Gasteiger partial charge in [-0.05, 0) is 24.0 Å². The molecule has 0 aromatic heterocycles. The Morgan fingerprint density at radius 3 is 2.53 bits per heavy atom. The van der Waals surface area contributed by atoms with Crippen molar-refractivity contribution in [2.24, 2.45) is 11.7 Å². The molecule has 0 unspecified atom stereocenters. The van der Waals surface area contributed by atoms with Gasteiger partial charge < -0.3 is 5.73 Å². The minimum Gasteiger partial charge on any atom is -0.324 e. The Balaban J connectivity index is 0.00000256. The lowest BCUT2D eigenvalue weighted by Crippen LogP contribution is -2.13. The standard InChI is InChI=1S/C11H15ClN2O2.ClH/c1-7(2)5-11(13)9-6-8(14(15)16)3-4-10(9)12;/h3-4,6-7,11H,5,13H2,1-2H3;1H/t11-;/m1./s1. The highest BCUT2D eigenvalue weighted by molar-refractivity contribution is 6.31. The molecule has 0 saturated carbocycles. The van der Waals surface area contributed by atoms with Gasteiger partial charge in [0.05, 0.1) is 4.92 Å². The molecular weight excluding hydrogens is 263 g/mol. The van der Waals surface area contributed by atoms with Gasteiger partial charge in [-0.25, -0.2) is 0 Å². The monoisotopic (exact) mass is 278 g/mol. The van der Waals surface area contributed by atoms with Crippen LogP contribution in [0.1, 0.15) is 31.9 Å². The van der Waals surface area contributed by atoms with E-state index >= 15 is 0 Å². The number of nitrogens with zero attached hydrogens (tertiary/aromatic N) is 1. The van der Waals surface area contributed by atoms with Gasteiger partial charge in [-0.15, -0.1) is 12.4 Å². The zero-order valence-corrected chi connectivity index (χ0v) is 11.3. The summed E-state index contributed by atoms with van der Waals surface area (Å²) >= 11 is 5.98. The second kappa shape index (κ2) is 6.79. The Morgan fingerprint density at radius 1 is 1.47 bits per heavy atom. The highest BCUT2D eigenvalue weighted by atomic mass is 35.5. The van der Waals surface area contributed by atoms with Crippen molar-refractivity contribution in [2.75, 3.05) is 0 Å². The number of non-ortho nitro benzene ring substituents is 1. The summed E-state index contributed by atoms with van der Waals surface area (Å²) in [7, 11) is 0. The number of rotatable bonds is 4. The van der Waals surface area contributed by atoms with Crippen LogP contribution in [0.4, 0.5) is 5.69 Å². The van der Waals surface area contributed by atoms with Crippen LogP contribution < -0.4 is 5.73 Å². The fourth-order valence-corrected chi connectivity index (χ4v) is 1.82. The summed E-state index contributed by atoms with van der Waals surface area (Å²) in [6.07, 6.45) is 0.751. The summed E-state index contributed by atoms with van der Waals surface area (Å²) in [4.78, 5) is 10.2. The molecule has 2 N–H and O–H groups in total. The number of nitro groups is 1. The molecule has 0 amide bonds. The van der Waals surface area contributed by atoms with Crippen LogP contribution in [0, 0.1) is 16.0 Å². The largest absolute Gasteiger partial charge is 0.324 e. The van der Waals surface area contributed by atoms with Gasteiger partial charge in [0.25, 0.3) is 5.69 Å². The van der Waals surface area contributed by atoms with Gasteiger partial charge in [-0.1, -0.05) is 25.4 Å². The predicted molar refractivity (Wildman–Crippen MR) is 71.7 cm³/mol. The van der Waals surface area contributed by atoms with Crippen molar-refractivity contribution in [1.82, 2.24) is 0 Å². The second-order valence-electron chi connectivity index (χ2n) is 4.20. The van der Waals surface area contributed by atoms with E-state index in [1.807, 2.05) is 13.8 Å². The molecular formula is C11H16Cl2N2O2. The number of hydrogen-bond donors (Lipinski definition) is 1. The summed E-state index contributed by atoms with van der Waals surface area (Å²) in [5.74, 6) is 0.422. The molecule has 4 nitrogen and oxygen atoms in total. The topological polar surface area (TPSA) is 69.2 Å². The van der Waals surface area contributed by atoms with Crippen molar-refractivity contribution in [3.8, 4) is 0 Å². The lowest BCUT2D eigenvalue weighted by molar-refractivity contribution is -0.384. The van der Waals surface area contributed by atoms with E-state index in [0.717, 1.165) is 6.42 Å². The average Bonchev–Trinajstić information content (AvgIpc) is 2.16. The van der Waals surface area contributed by atoms with Gasteiger partial charge in [0.2, 0.25) is 0 Å². The molecule has 0 saturated heterocycles. The maximum atomic E-state index is 10.6. The molecule has 0 aliphatic rings. The first-order valence-corrected chi connectivity index (χ1v) is 5.49. The number of nitro benzene ring substituents is 1. The zero-order valence-electron chi connectivity index (χ0n) is 9.72. The Morgan fingerprint density at radius 2 is 2.06 bits per heavy atom. The van der Waals surface area contributed by atoms with E-state index in [1.54, 1.807) is 0 Å². The van der Waals surface area contributed by atoms with Crippen LogP contribution >= 0.6 is 24.0 Å². The Bertz CT molecular complexity index is 397. The van der Waals surface area contributed by atoms with Gasteiger partial charge in [0.1, 0.15) is 0 Å². The summed E-state index contributed by atoms with van der Waals surface area (Å²) in [5.41, 5.74) is 6.63. The molecule has 0 radical (unpaired) electrons. The molecule has 6 heteroatoms. The first kappa shape index (κ1) is 16.2. The zero-order chi connectivity index (χ0) is 12.3. The minimum atomic E-state index is -0.443. The van der Waals surface area contributed by atoms with E-state index in [0.29, 0.717) is 16.5 Å². The molecule has 1 atom stereocenters. The Kier molecular flexibility index (Phi) is 6.45. The van der Waals surface area contributed by atoms with Gasteiger partial charge in [0.15, 0.2) is 0 Å². The van der Waals surface area contributed by atoms with E-state index in [4.69, 9.17) is 17.3 Å². The lowest BCUT2D eigenvalue weighted by Gasteiger charge is -2.15. The van der Waals surface area contributed by atoms with Crippen LogP contribution in [0.25, 0.3) is 0 Å². The van der Waals surface area contributed by atoms with Crippen molar-refractivity contribution in [1.29, 1.82) is 0 Å². The molecule has 0 aliphatic carbocycles. The molecule has 0 fully saturated rings. The van der Waals surface area contributed by atoms with Crippen molar-refractivity contribution in [2.45, 2.75) is 26.3 Å². The molecule has 0 aliphatic heterocycles. The predicted octanol–water partition coefficient (Wildman–Crippen LogP) is 3.72. The van der Waals surface area contributed by atoms with Crippen molar-refractivity contribution in [3.05, 3.63) is 38.9 Å². The quantitative estimate of drug-likeness (QED) is 0.674. The van der Waals surface area contributed by atoms with Crippen LogP contribution in [-0.2, 0) is 0 Å². The highest BCUT2D eigenvalue weighted by Gasteiger charge is 2.16. The summed E-state index contributed by atoms with van der Waals surface area (Å²) in [5, 5.41) is 11.1. The normalized spacial score (nSPS) is 12.1. The van der Waals surface area contributed by atoms with E-state index < -0.39 is 4.92 Å².